The topological polar surface area (TPSA) is 247 Å². The highest BCUT2D eigenvalue weighted by Gasteiger charge is 2.56. The summed E-state index contributed by atoms with van der Waals surface area (Å²) in [5, 5.41) is 9.05. The molecular weight excluding hydrogens is 505 g/mol. The van der Waals surface area contributed by atoms with Gasteiger partial charge in [0.2, 0.25) is 0 Å². The SMILES string of the molecule is O=C(O)[C@H]1OC(OCC(F)(F)F)[C@H](OS(=O)(=O)O)[C@@H](OS(=O)(=O)O)[C@@H]1OS(=O)(=O)O. The molecule has 1 fully saturated rings. The van der Waals surface area contributed by atoms with Crippen LogP contribution in [-0.4, -0.2) is 93.5 Å². The van der Waals surface area contributed by atoms with Crippen molar-refractivity contribution in [3.8, 4) is 0 Å². The number of carbonyl (C=O) groups is 1. The third-order valence-corrected chi connectivity index (χ3v) is 4.24. The van der Waals surface area contributed by atoms with E-state index in [0.717, 1.165) is 0 Å². The Bertz CT molecular complexity index is 939. The van der Waals surface area contributed by atoms with Gasteiger partial charge in [-0.2, -0.15) is 38.4 Å². The van der Waals surface area contributed by atoms with Gasteiger partial charge in [-0.3, -0.25) is 13.7 Å². The van der Waals surface area contributed by atoms with Crippen molar-refractivity contribution in [2.24, 2.45) is 0 Å². The van der Waals surface area contributed by atoms with Crippen LogP contribution >= 0.6 is 0 Å². The maximum Gasteiger partial charge on any atom is 0.411 e. The van der Waals surface area contributed by atoms with Gasteiger partial charge in [-0.05, 0) is 0 Å². The van der Waals surface area contributed by atoms with Crippen LogP contribution in [0.15, 0.2) is 0 Å². The maximum atomic E-state index is 12.4. The Morgan fingerprint density at radius 1 is 0.833 bits per heavy atom. The van der Waals surface area contributed by atoms with Crippen LogP contribution in [0.25, 0.3) is 0 Å². The lowest BCUT2D eigenvalue weighted by Gasteiger charge is -2.41. The molecule has 1 saturated heterocycles. The fourth-order valence-electron chi connectivity index (χ4n) is 2.06. The van der Waals surface area contributed by atoms with Gasteiger partial charge in [0.05, 0.1) is 0 Å². The number of ether oxygens (including phenoxy) is 2. The Morgan fingerprint density at radius 3 is 1.60 bits per heavy atom. The van der Waals surface area contributed by atoms with E-state index >= 15 is 0 Å². The van der Waals surface area contributed by atoms with E-state index in [-0.39, 0.29) is 0 Å². The molecule has 1 aliphatic heterocycles. The predicted octanol–water partition coefficient (Wildman–Crippen LogP) is -2.06. The van der Waals surface area contributed by atoms with Crippen molar-refractivity contribution in [3.05, 3.63) is 0 Å². The van der Waals surface area contributed by atoms with Crippen molar-refractivity contribution in [2.75, 3.05) is 6.61 Å². The van der Waals surface area contributed by atoms with E-state index in [2.05, 4.69) is 22.0 Å². The number of hydrogen-bond donors (Lipinski definition) is 4. The normalized spacial score (nSPS) is 28.9. The van der Waals surface area contributed by atoms with E-state index in [1.165, 1.54) is 0 Å². The number of carboxylic acid groups (broad SMARTS) is 1. The molecule has 30 heavy (non-hydrogen) atoms. The van der Waals surface area contributed by atoms with Gasteiger partial charge < -0.3 is 14.6 Å². The van der Waals surface area contributed by atoms with Crippen LogP contribution in [0.4, 0.5) is 13.2 Å². The number of rotatable bonds is 9. The summed E-state index contributed by atoms with van der Waals surface area (Å²) in [4.78, 5) is 11.3. The van der Waals surface area contributed by atoms with E-state index < -0.39 is 80.7 Å². The molecule has 0 amide bonds. The molecule has 0 bridgehead atoms. The molecule has 178 valence electrons. The average molecular weight is 516 g/mol. The van der Waals surface area contributed by atoms with Crippen molar-refractivity contribution in [2.45, 2.75) is 36.9 Å². The van der Waals surface area contributed by atoms with E-state index in [9.17, 15) is 43.2 Å². The van der Waals surface area contributed by atoms with Crippen molar-refractivity contribution in [3.63, 3.8) is 0 Å². The largest absolute Gasteiger partial charge is 0.479 e. The molecule has 1 aliphatic rings. The monoisotopic (exact) mass is 516 g/mol. The van der Waals surface area contributed by atoms with Crippen molar-refractivity contribution in [1.82, 2.24) is 0 Å². The summed E-state index contributed by atoms with van der Waals surface area (Å²) >= 11 is 0. The maximum absolute atomic E-state index is 12.4. The van der Waals surface area contributed by atoms with Gasteiger partial charge in [0.1, 0.15) is 18.8 Å². The molecule has 5 atom stereocenters. The molecule has 0 spiro atoms. The third kappa shape index (κ3) is 9.29. The zero-order valence-electron chi connectivity index (χ0n) is 13.6. The second kappa shape index (κ2) is 9.11. The minimum absolute atomic E-state index is 2.27. The van der Waals surface area contributed by atoms with Crippen molar-refractivity contribution >= 4 is 37.2 Å². The molecule has 1 rings (SSSR count). The van der Waals surface area contributed by atoms with Gasteiger partial charge in [0, 0.05) is 0 Å². The standard InChI is InChI=1S/C8H11F3O16S3/c9-8(10,11)1-23-7-5(27-30(20,21)22)3(26-29(17,18)19)2(25-28(14,15)16)4(24-7)6(12)13/h2-5,7H,1H2,(H,12,13)(H,14,15,16)(H,17,18,19)(H,20,21,22)/t2-,3-,4-,5+,7?/m0/s1. The Kier molecular flexibility index (Phi) is 8.15. The van der Waals surface area contributed by atoms with Crippen LogP contribution < -0.4 is 0 Å². The number of halogens is 3. The van der Waals surface area contributed by atoms with Crippen LogP contribution in [0.5, 0.6) is 0 Å². The lowest BCUT2D eigenvalue weighted by molar-refractivity contribution is -0.303. The lowest BCUT2D eigenvalue weighted by atomic mass is 9.99. The molecule has 1 unspecified atom stereocenters. The number of alkyl halides is 3. The minimum atomic E-state index is -5.76. The molecule has 1 heterocycles. The summed E-state index contributed by atoms with van der Waals surface area (Å²) < 4.78 is 149. The van der Waals surface area contributed by atoms with Crippen LogP contribution in [-0.2, 0) is 58.0 Å². The zero-order valence-corrected chi connectivity index (χ0v) is 16.1. The average Bonchev–Trinajstić information content (AvgIpc) is 2.44. The Balaban J connectivity index is 3.56. The van der Waals surface area contributed by atoms with E-state index in [1.807, 2.05) is 0 Å². The molecular formula is C8H11F3O16S3. The first-order valence-electron chi connectivity index (χ1n) is 6.72. The highest BCUT2D eigenvalue weighted by molar-refractivity contribution is 7.81. The smallest absolute Gasteiger partial charge is 0.411 e. The van der Waals surface area contributed by atoms with Gasteiger partial charge in [-0.25, -0.2) is 17.3 Å². The summed E-state index contributed by atoms with van der Waals surface area (Å²) in [6, 6.07) is 0. The van der Waals surface area contributed by atoms with Crippen LogP contribution in [0, 0.1) is 0 Å². The third-order valence-electron chi connectivity index (χ3n) is 2.85. The minimum Gasteiger partial charge on any atom is -0.479 e. The highest BCUT2D eigenvalue weighted by Crippen LogP contribution is 2.32. The van der Waals surface area contributed by atoms with Gasteiger partial charge in [-0.15, -0.1) is 0 Å². The Hall–Kier alpha value is -1.21. The molecule has 16 nitrogen and oxygen atoms in total. The van der Waals surface area contributed by atoms with Gasteiger partial charge in [-0.1, -0.05) is 0 Å². The molecule has 0 aromatic heterocycles. The van der Waals surface area contributed by atoms with Crippen LogP contribution in [0.1, 0.15) is 0 Å². The molecule has 0 saturated carbocycles. The first-order valence-corrected chi connectivity index (χ1v) is 10.8. The summed E-state index contributed by atoms with van der Waals surface area (Å²) in [7, 11) is -17.2. The second-order valence-corrected chi connectivity index (χ2v) is 8.30. The van der Waals surface area contributed by atoms with E-state index in [1.54, 1.807) is 0 Å². The van der Waals surface area contributed by atoms with Gasteiger partial charge in [0.15, 0.2) is 18.5 Å². The number of carboxylic acids is 1. The van der Waals surface area contributed by atoms with Crippen molar-refractivity contribution < 1.29 is 84.0 Å². The fourth-order valence-corrected chi connectivity index (χ4v) is 3.53. The van der Waals surface area contributed by atoms with Gasteiger partial charge >= 0.3 is 43.3 Å². The summed E-state index contributed by atoms with van der Waals surface area (Å²) in [5.41, 5.74) is 0. The molecule has 0 aromatic rings. The summed E-state index contributed by atoms with van der Waals surface area (Å²) in [5.74, 6) is -2.27. The molecule has 4 N–H and O–H groups in total. The Labute approximate surface area is 165 Å². The number of aliphatic carboxylic acids is 1. The highest BCUT2D eigenvalue weighted by atomic mass is 32.3. The fraction of sp³-hybridized carbons (Fsp3) is 0.875. The second-order valence-electron chi connectivity index (χ2n) is 5.16. The first-order chi connectivity index (χ1) is 13.2. The predicted molar refractivity (Wildman–Crippen MR) is 77.6 cm³/mol. The number of hydrogen-bond acceptors (Lipinski definition) is 12. The molecule has 0 radical (unpaired) electrons. The van der Waals surface area contributed by atoms with Crippen LogP contribution in [0.3, 0.4) is 0 Å². The van der Waals surface area contributed by atoms with Crippen LogP contribution in [0.2, 0.25) is 0 Å². The quantitative estimate of drug-likeness (QED) is 0.240. The Morgan fingerprint density at radius 2 is 1.23 bits per heavy atom. The lowest BCUT2D eigenvalue weighted by Crippen LogP contribution is -2.64. The summed E-state index contributed by atoms with van der Waals surface area (Å²) in [6.07, 6.45) is -19.6. The first kappa shape index (κ1) is 26.8. The molecule has 22 heteroatoms. The molecule has 0 aliphatic carbocycles. The molecule has 0 aromatic carbocycles. The summed E-state index contributed by atoms with van der Waals surface area (Å²) in [6.45, 7) is -2.28. The van der Waals surface area contributed by atoms with Crippen molar-refractivity contribution in [1.29, 1.82) is 0 Å². The van der Waals surface area contributed by atoms with E-state index in [0.29, 0.717) is 0 Å². The zero-order chi connectivity index (χ0) is 23.7. The van der Waals surface area contributed by atoms with Gasteiger partial charge in [0.25, 0.3) is 0 Å². The van der Waals surface area contributed by atoms with E-state index in [4.69, 9.17) is 18.8 Å².